The summed E-state index contributed by atoms with van der Waals surface area (Å²) in [6.07, 6.45) is 0. The van der Waals surface area contributed by atoms with Gasteiger partial charge in [-0.15, -0.1) is 5.10 Å². The van der Waals surface area contributed by atoms with Gasteiger partial charge in [-0.3, -0.25) is 0 Å². The van der Waals surface area contributed by atoms with Crippen molar-refractivity contribution in [3.63, 3.8) is 0 Å². The number of ether oxygens (including phenoxy) is 2. The molecule has 1 aromatic carbocycles. The highest BCUT2D eigenvalue weighted by molar-refractivity contribution is 7.79. The first-order valence-corrected chi connectivity index (χ1v) is 5.76. The molecule has 0 saturated heterocycles. The third-order valence-corrected chi connectivity index (χ3v) is 2.87. The number of thiocarbonyl (C=S) groups is 1. The molecular weight excluding hydrogens is 250 g/mol. The highest BCUT2D eigenvalue weighted by atomic mass is 32.1. The molecule has 5 nitrogen and oxygen atoms in total. The first-order valence-electron chi connectivity index (χ1n) is 5.29. The Labute approximate surface area is 110 Å². The molecule has 0 saturated carbocycles. The van der Waals surface area contributed by atoms with Crippen LogP contribution in [0.2, 0.25) is 0 Å². The molecule has 0 aliphatic carbocycles. The smallest absolute Gasteiger partial charge is 0.132 e. The topological polar surface area (TPSA) is 49.2 Å². The number of benzene rings is 1. The zero-order valence-corrected chi connectivity index (χ0v) is 11.2. The minimum absolute atomic E-state index is 0.654. The van der Waals surface area contributed by atoms with Crippen LogP contribution in [0.3, 0.4) is 0 Å². The third-order valence-electron chi connectivity index (χ3n) is 2.65. The minimum atomic E-state index is 0.654. The van der Waals surface area contributed by atoms with Crippen LogP contribution in [0.5, 0.6) is 11.5 Å². The van der Waals surface area contributed by atoms with Gasteiger partial charge in [-0.05, 0) is 12.1 Å². The Morgan fingerprint density at radius 2 is 1.83 bits per heavy atom. The molecule has 0 fully saturated rings. The van der Waals surface area contributed by atoms with Crippen LogP contribution in [0.1, 0.15) is 5.69 Å². The van der Waals surface area contributed by atoms with E-state index < -0.39 is 0 Å². The Bertz CT molecular complexity index is 558. The summed E-state index contributed by atoms with van der Waals surface area (Å²) in [6.45, 7) is 0. The van der Waals surface area contributed by atoms with Crippen LogP contribution in [0.4, 0.5) is 0 Å². The van der Waals surface area contributed by atoms with Gasteiger partial charge in [0.25, 0.3) is 0 Å². The largest absolute Gasteiger partial charge is 0.496 e. The molecule has 1 aromatic heterocycles. The van der Waals surface area contributed by atoms with Crippen molar-refractivity contribution in [3.8, 4) is 22.8 Å². The fraction of sp³-hybridized carbons (Fsp3) is 0.250. The van der Waals surface area contributed by atoms with E-state index in [-0.39, 0.29) is 0 Å². The Balaban J connectivity index is 2.72. The summed E-state index contributed by atoms with van der Waals surface area (Å²) < 4.78 is 12.3. The quantitative estimate of drug-likeness (QED) is 0.788. The summed E-state index contributed by atoms with van der Waals surface area (Å²) in [5, 5.41) is 9.64. The van der Waals surface area contributed by atoms with Crippen molar-refractivity contribution < 1.29 is 9.47 Å². The van der Waals surface area contributed by atoms with Gasteiger partial charge in [-0.25, -0.2) is 4.68 Å². The van der Waals surface area contributed by atoms with Gasteiger partial charge in [-0.2, -0.15) is 0 Å². The number of aryl methyl sites for hydroxylation is 1. The summed E-state index contributed by atoms with van der Waals surface area (Å²) in [5.41, 5.74) is 2.15. The predicted molar refractivity (Wildman–Crippen MR) is 72.3 cm³/mol. The van der Waals surface area contributed by atoms with E-state index in [0.717, 1.165) is 11.3 Å². The monoisotopic (exact) mass is 263 g/mol. The summed E-state index contributed by atoms with van der Waals surface area (Å²) in [5.74, 6) is 1.35. The molecule has 0 unspecified atom stereocenters. The average molecular weight is 263 g/mol. The lowest BCUT2D eigenvalue weighted by molar-refractivity contribution is 0.397. The maximum Gasteiger partial charge on any atom is 0.132 e. The Morgan fingerprint density at radius 1 is 1.22 bits per heavy atom. The molecule has 2 rings (SSSR count). The van der Waals surface area contributed by atoms with Crippen molar-refractivity contribution in [1.82, 2.24) is 15.0 Å². The Morgan fingerprint density at radius 3 is 2.33 bits per heavy atom. The lowest BCUT2D eigenvalue weighted by atomic mass is 10.1. The number of hydrogen-bond donors (Lipinski definition) is 0. The van der Waals surface area contributed by atoms with Crippen LogP contribution >= 0.6 is 12.2 Å². The summed E-state index contributed by atoms with van der Waals surface area (Å²) in [4.78, 5) is 0. The number of nitrogens with zero attached hydrogens (tertiary/aromatic N) is 3. The third kappa shape index (κ3) is 1.95. The van der Waals surface area contributed by atoms with Gasteiger partial charge >= 0.3 is 0 Å². The Hall–Kier alpha value is -1.95. The van der Waals surface area contributed by atoms with Crippen molar-refractivity contribution in [3.05, 3.63) is 23.9 Å². The molecule has 0 amide bonds. The minimum Gasteiger partial charge on any atom is -0.496 e. The van der Waals surface area contributed by atoms with Crippen molar-refractivity contribution in [1.29, 1.82) is 0 Å². The van der Waals surface area contributed by atoms with Gasteiger partial charge in [0.1, 0.15) is 17.2 Å². The molecule has 0 atom stereocenters. The second-order valence-corrected chi connectivity index (χ2v) is 3.84. The molecule has 0 aliphatic rings. The van der Waals surface area contributed by atoms with Gasteiger partial charge in [0.2, 0.25) is 0 Å². The van der Waals surface area contributed by atoms with Gasteiger partial charge in [0.05, 0.1) is 25.5 Å². The maximum absolute atomic E-state index is 5.35. The lowest BCUT2D eigenvalue weighted by Crippen LogP contribution is -1.98. The zero-order valence-electron chi connectivity index (χ0n) is 10.4. The van der Waals surface area contributed by atoms with E-state index in [1.165, 1.54) is 0 Å². The van der Waals surface area contributed by atoms with E-state index >= 15 is 0 Å². The average Bonchev–Trinajstić information content (AvgIpc) is 2.78. The molecule has 0 bridgehead atoms. The van der Waals surface area contributed by atoms with Crippen molar-refractivity contribution in [2.24, 2.45) is 7.05 Å². The highest BCUT2D eigenvalue weighted by Gasteiger charge is 2.19. The van der Waals surface area contributed by atoms with E-state index in [1.807, 2.05) is 18.2 Å². The van der Waals surface area contributed by atoms with E-state index in [9.17, 15) is 0 Å². The number of aromatic nitrogens is 3. The van der Waals surface area contributed by atoms with Crippen LogP contribution in [0.25, 0.3) is 11.3 Å². The Kier molecular flexibility index (Phi) is 3.57. The van der Waals surface area contributed by atoms with Crippen LogP contribution in [0, 0.1) is 0 Å². The maximum atomic E-state index is 5.35. The van der Waals surface area contributed by atoms with E-state index in [0.29, 0.717) is 17.2 Å². The molecule has 94 valence electrons. The highest BCUT2D eigenvalue weighted by Crippen LogP contribution is 2.38. The van der Waals surface area contributed by atoms with Gasteiger partial charge in [0, 0.05) is 12.4 Å². The second kappa shape index (κ2) is 5.14. The molecule has 1 heterocycles. The standard InChI is InChI=1S/C12H13N3O2S/c1-15-8(7-18)12(13-14-15)11-9(16-2)5-4-6-10(11)17-3/h4-7H,1-3H3. The number of hydrogen-bond acceptors (Lipinski definition) is 5. The van der Waals surface area contributed by atoms with Crippen LogP contribution < -0.4 is 9.47 Å². The molecule has 0 aliphatic heterocycles. The molecule has 0 spiro atoms. The van der Waals surface area contributed by atoms with Crippen molar-refractivity contribution >= 4 is 17.6 Å². The second-order valence-electron chi connectivity index (χ2n) is 3.60. The van der Waals surface area contributed by atoms with Crippen LogP contribution in [-0.2, 0) is 7.05 Å². The normalized spacial score (nSPS) is 10.2. The van der Waals surface area contributed by atoms with E-state index in [1.54, 1.807) is 31.3 Å². The van der Waals surface area contributed by atoms with E-state index in [2.05, 4.69) is 10.3 Å². The SMILES string of the molecule is COc1cccc(OC)c1-c1nnn(C)c1C=S. The summed E-state index contributed by atoms with van der Waals surface area (Å²) in [6, 6.07) is 5.55. The van der Waals surface area contributed by atoms with Gasteiger partial charge in [0.15, 0.2) is 0 Å². The molecule has 0 N–H and O–H groups in total. The van der Waals surface area contributed by atoms with E-state index in [4.69, 9.17) is 21.7 Å². The molecule has 6 heteroatoms. The zero-order chi connectivity index (χ0) is 13.1. The molecule has 2 aromatic rings. The fourth-order valence-electron chi connectivity index (χ4n) is 1.76. The van der Waals surface area contributed by atoms with Crippen molar-refractivity contribution in [2.75, 3.05) is 14.2 Å². The predicted octanol–water partition coefficient (Wildman–Crippen LogP) is 1.85. The lowest BCUT2D eigenvalue weighted by Gasteiger charge is -2.11. The molecule has 18 heavy (non-hydrogen) atoms. The number of methoxy groups -OCH3 is 2. The number of rotatable bonds is 4. The first-order chi connectivity index (χ1) is 8.72. The van der Waals surface area contributed by atoms with Crippen molar-refractivity contribution in [2.45, 2.75) is 0 Å². The van der Waals surface area contributed by atoms with Crippen LogP contribution in [-0.4, -0.2) is 34.6 Å². The summed E-state index contributed by atoms with van der Waals surface area (Å²) in [7, 11) is 4.99. The fourth-order valence-corrected chi connectivity index (χ4v) is 2.02. The molecule has 0 radical (unpaired) electrons. The van der Waals surface area contributed by atoms with Crippen LogP contribution in [0.15, 0.2) is 18.2 Å². The molecular formula is C12H13N3O2S. The van der Waals surface area contributed by atoms with Gasteiger partial charge < -0.3 is 9.47 Å². The summed E-state index contributed by atoms with van der Waals surface area (Å²) >= 11 is 5.00. The van der Waals surface area contributed by atoms with Gasteiger partial charge in [-0.1, -0.05) is 23.5 Å². The first kappa shape index (κ1) is 12.5.